The Kier molecular flexibility index (Phi) is 9.86. The first-order chi connectivity index (χ1) is 19.2. The number of anilines is 2. The van der Waals surface area contributed by atoms with Gasteiger partial charge in [0.05, 0.1) is 20.3 Å². The van der Waals surface area contributed by atoms with Gasteiger partial charge in [-0.3, -0.25) is 4.57 Å². The minimum absolute atomic E-state index is 0.125. The number of hydrogen-bond donors (Lipinski definition) is 1. The summed E-state index contributed by atoms with van der Waals surface area (Å²) < 4.78 is 34.3. The molecule has 0 unspecified atom stereocenters. The lowest BCUT2D eigenvalue weighted by molar-refractivity contribution is 0.0488. The Morgan fingerprint density at radius 1 is 0.925 bits per heavy atom. The Labute approximate surface area is 240 Å². The molecule has 4 rings (SSSR count). The Morgan fingerprint density at radius 2 is 1.62 bits per heavy atom. The van der Waals surface area contributed by atoms with E-state index in [1.807, 2.05) is 91.8 Å². The summed E-state index contributed by atoms with van der Waals surface area (Å²) in [7, 11) is 3.65. The van der Waals surface area contributed by atoms with Gasteiger partial charge in [-0.15, -0.1) is 0 Å². The van der Waals surface area contributed by atoms with Crippen LogP contribution < -0.4 is 25.0 Å². The van der Waals surface area contributed by atoms with Crippen molar-refractivity contribution < 1.29 is 18.6 Å². The van der Waals surface area contributed by atoms with Crippen LogP contribution in [0.5, 0.6) is 11.5 Å². The average Bonchev–Trinajstić information content (AvgIpc) is 2.96. The molecule has 6 nitrogen and oxygen atoms in total. The van der Waals surface area contributed by atoms with Crippen LogP contribution in [0.25, 0.3) is 0 Å². The highest BCUT2D eigenvalue weighted by atomic mass is 31.2. The summed E-state index contributed by atoms with van der Waals surface area (Å²) in [6.07, 6.45) is 3.00. The van der Waals surface area contributed by atoms with Crippen molar-refractivity contribution in [3.05, 3.63) is 78.4 Å². The van der Waals surface area contributed by atoms with Crippen LogP contribution in [0, 0.1) is 17.8 Å². The zero-order valence-electron chi connectivity index (χ0n) is 25.0. The lowest BCUT2D eigenvalue weighted by Crippen LogP contribution is -2.36. The highest BCUT2D eigenvalue weighted by Gasteiger charge is 2.44. The Bertz CT molecular complexity index is 1280. The maximum atomic E-state index is 15.8. The predicted molar refractivity (Wildman–Crippen MR) is 167 cm³/mol. The van der Waals surface area contributed by atoms with Crippen LogP contribution in [0.1, 0.15) is 51.4 Å². The number of benzene rings is 3. The minimum atomic E-state index is -3.63. The van der Waals surface area contributed by atoms with Crippen LogP contribution in [-0.2, 0) is 9.09 Å². The van der Waals surface area contributed by atoms with E-state index < -0.39 is 13.2 Å². The fourth-order valence-electron chi connectivity index (χ4n) is 5.76. The van der Waals surface area contributed by atoms with E-state index in [1.165, 1.54) is 6.42 Å². The molecule has 5 atom stereocenters. The number of rotatable bonds is 11. The van der Waals surface area contributed by atoms with E-state index in [-0.39, 0.29) is 6.10 Å². The van der Waals surface area contributed by atoms with Crippen molar-refractivity contribution >= 4 is 24.0 Å². The third kappa shape index (κ3) is 6.67. The van der Waals surface area contributed by atoms with E-state index in [0.29, 0.717) is 34.6 Å². The highest BCUT2D eigenvalue weighted by molar-refractivity contribution is 7.67. The van der Waals surface area contributed by atoms with Crippen molar-refractivity contribution in [1.29, 1.82) is 0 Å². The quantitative estimate of drug-likeness (QED) is 0.239. The lowest BCUT2D eigenvalue weighted by atomic mass is 9.75. The molecule has 1 aliphatic rings. The van der Waals surface area contributed by atoms with Crippen molar-refractivity contribution in [2.24, 2.45) is 17.8 Å². The second-order valence-electron chi connectivity index (χ2n) is 11.5. The number of nitrogens with zero attached hydrogens (tertiary/aromatic N) is 1. The molecular weight excluding hydrogens is 519 g/mol. The molecule has 3 aromatic carbocycles. The van der Waals surface area contributed by atoms with Gasteiger partial charge in [-0.05, 0) is 85.2 Å². The smallest absolute Gasteiger partial charge is 0.258 e. The molecular formula is C33H45N2O4P. The molecule has 0 saturated heterocycles. The number of methoxy groups -OCH3 is 2. The molecule has 216 valence electrons. The fourth-order valence-corrected chi connectivity index (χ4v) is 8.40. The first-order valence-corrected chi connectivity index (χ1v) is 15.9. The monoisotopic (exact) mass is 564 g/mol. The lowest BCUT2D eigenvalue weighted by Gasteiger charge is -2.41. The third-order valence-electron chi connectivity index (χ3n) is 8.13. The molecule has 0 spiro atoms. The van der Waals surface area contributed by atoms with Gasteiger partial charge in [0.1, 0.15) is 17.3 Å². The summed E-state index contributed by atoms with van der Waals surface area (Å²) in [6.45, 7) is 6.77. The number of ether oxygens (including phenoxy) is 2. The van der Waals surface area contributed by atoms with E-state index in [2.05, 4.69) is 26.1 Å². The van der Waals surface area contributed by atoms with Gasteiger partial charge in [0, 0.05) is 36.3 Å². The first-order valence-electron chi connectivity index (χ1n) is 14.3. The van der Waals surface area contributed by atoms with Crippen LogP contribution in [0.15, 0.2) is 72.8 Å². The van der Waals surface area contributed by atoms with Crippen molar-refractivity contribution in [3.8, 4) is 11.5 Å². The number of para-hydroxylation sites is 1. The van der Waals surface area contributed by atoms with E-state index >= 15 is 4.57 Å². The Balaban J connectivity index is 1.93. The van der Waals surface area contributed by atoms with Crippen LogP contribution in [-0.4, -0.2) is 34.4 Å². The zero-order chi connectivity index (χ0) is 28.9. The molecule has 1 saturated carbocycles. The summed E-state index contributed by atoms with van der Waals surface area (Å²) in [5.74, 6) is 1.84. The van der Waals surface area contributed by atoms with Gasteiger partial charge in [0.2, 0.25) is 0 Å². The maximum Gasteiger partial charge on any atom is 0.258 e. The molecule has 1 fully saturated rings. The largest absolute Gasteiger partial charge is 0.497 e. The van der Waals surface area contributed by atoms with Gasteiger partial charge < -0.3 is 24.2 Å². The third-order valence-corrected chi connectivity index (χ3v) is 10.8. The maximum absolute atomic E-state index is 15.8. The molecule has 0 radical (unpaired) electrons. The minimum Gasteiger partial charge on any atom is -0.497 e. The van der Waals surface area contributed by atoms with Crippen molar-refractivity contribution in [1.82, 2.24) is 0 Å². The van der Waals surface area contributed by atoms with Crippen LogP contribution in [0.4, 0.5) is 11.4 Å². The summed E-state index contributed by atoms with van der Waals surface area (Å²) in [5.41, 5.74) is 2.62. The normalized spacial score (nSPS) is 21.4. The van der Waals surface area contributed by atoms with Crippen LogP contribution in [0.2, 0.25) is 0 Å². The van der Waals surface area contributed by atoms with Gasteiger partial charge in [-0.2, -0.15) is 0 Å². The summed E-state index contributed by atoms with van der Waals surface area (Å²) in [5, 5.41) is 4.29. The number of nitrogens with one attached hydrogen (secondary N) is 1. The summed E-state index contributed by atoms with van der Waals surface area (Å²) in [4.78, 5) is 2.04. The predicted octanol–water partition coefficient (Wildman–Crippen LogP) is 7.96. The highest BCUT2D eigenvalue weighted by Crippen LogP contribution is 2.63. The fraction of sp³-hybridized carbons (Fsp3) is 0.455. The molecule has 40 heavy (non-hydrogen) atoms. The molecule has 0 bridgehead atoms. The standard InChI is InChI=1S/C33H45N2O4P/c1-23(2)29-19-13-24(3)21-32(29)39-40(36,28-17-14-26(15-18-28)35(4)5)33(34-25-11-9-8-10-12-25)30-22-27(37-6)16-20-31(30)38-7/h8-12,14-18,20,22-24,29,32-34H,13,19,21H2,1-7H3/t24-,29-,32+,33-,40-/m0/s1. The van der Waals surface area contributed by atoms with E-state index in [1.54, 1.807) is 14.2 Å². The van der Waals surface area contributed by atoms with Gasteiger partial charge in [-0.25, -0.2) is 0 Å². The van der Waals surface area contributed by atoms with Crippen molar-refractivity contribution in [2.45, 2.75) is 51.9 Å². The molecule has 0 aliphatic heterocycles. The number of hydrogen-bond acceptors (Lipinski definition) is 6. The SMILES string of the molecule is COc1ccc(OC)c([C@@H](Nc2ccccc2)[P@@](=O)(O[C@@H]2C[C@@H](C)CC[C@H]2C(C)C)c2ccc(N(C)C)cc2)c1. The molecule has 0 amide bonds. The van der Waals surface area contributed by atoms with Crippen LogP contribution >= 0.6 is 7.37 Å². The van der Waals surface area contributed by atoms with Gasteiger partial charge in [0.25, 0.3) is 7.37 Å². The molecule has 1 aliphatic carbocycles. The van der Waals surface area contributed by atoms with Crippen molar-refractivity contribution in [2.75, 3.05) is 38.5 Å². The Hall–Kier alpha value is -2.95. The first kappa shape index (κ1) is 30.0. The van der Waals surface area contributed by atoms with Crippen LogP contribution in [0.3, 0.4) is 0 Å². The average molecular weight is 565 g/mol. The molecule has 1 N–H and O–H groups in total. The Morgan fingerprint density at radius 3 is 2.23 bits per heavy atom. The topological polar surface area (TPSA) is 60.0 Å². The van der Waals surface area contributed by atoms with Gasteiger partial charge >= 0.3 is 0 Å². The molecule has 0 aromatic heterocycles. The van der Waals surface area contributed by atoms with Gasteiger partial charge in [0.15, 0.2) is 0 Å². The second-order valence-corrected chi connectivity index (χ2v) is 13.9. The zero-order valence-corrected chi connectivity index (χ0v) is 25.9. The van der Waals surface area contributed by atoms with E-state index in [4.69, 9.17) is 14.0 Å². The van der Waals surface area contributed by atoms with E-state index in [9.17, 15) is 0 Å². The molecule has 3 aromatic rings. The molecule has 7 heteroatoms. The second kappa shape index (κ2) is 13.1. The summed E-state index contributed by atoms with van der Waals surface area (Å²) in [6, 6.07) is 23.5. The van der Waals surface area contributed by atoms with E-state index in [0.717, 1.165) is 29.8 Å². The molecule has 0 heterocycles. The summed E-state index contributed by atoms with van der Waals surface area (Å²) >= 11 is 0. The van der Waals surface area contributed by atoms with Gasteiger partial charge in [-0.1, -0.05) is 45.4 Å². The van der Waals surface area contributed by atoms with Crippen molar-refractivity contribution in [3.63, 3.8) is 0 Å².